The summed E-state index contributed by atoms with van der Waals surface area (Å²) < 4.78 is 0. The first-order valence-corrected chi connectivity index (χ1v) is 9.29. The van der Waals surface area contributed by atoms with E-state index in [0.29, 0.717) is 28.4 Å². The van der Waals surface area contributed by atoms with Crippen LogP contribution in [0, 0.1) is 18.3 Å². The summed E-state index contributed by atoms with van der Waals surface area (Å²) >= 11 is 1.26. The topological polar surface area (TPSA) is 74.1 Å². The fourth-order valence-corrected chi connectivity index (χ4v) is 4.10. The maximum absolute atomic E-state index is 12.9. The molecule has 1 aliphatic heterocycles. The Kier molecular flexibility index (Phi) is 5.10. The molecule has 1 amide bonds. The molecular formula is C20H19N3O2S. The second-order valence-electron chi connectivity index (χ2n) is 6.27. The smallest absolute Gasteiger partial charge is 0.240 e. The van der Waals surface area contributed by atoms with Crippen LogP contribution in [0.1, 0.15) is 41.0 Å². The summed E-state index contributed by atoms with van der Waals surface area (Å²) in [5.74, 6) is -0.125. The monoisotopic (exact) mass is 365 g/mol. The number of anilines is 1. The molecule has 2 heterocycles. The number of fused-ring (bicyclic) bond motifs is 1. The van der Waals surface area contributed by atoms with Crippen molar-refractivity contribution >= 4 is 29.1 Å². The minimum absolute atomic E-state index is 0.000984. The number of aryl methyl sites for hydroxylation is 1. The number of para-hydroxylation sites is 1. The summed E-state index contributed by atoms with van der Waals surface area (Å²) in [7, 11) is 0. The first kappa shape index (κ1) is 18.2. The zero-order valence-corrected chi connectivity index (χ0v) is 15.8. The number of hydrogen-bond donors (Lipinski definition) is 0. The molecule has 0 saturated carbocycles. The van der Waals surface area contributed by atoms with Crippen molar-refractivity contribution in [3.63, 3.8) is 0 Å². The second kappa shape index (κ2) is 7.30. The molecule has 2 aromatic rings. The van der Waals surface area contributed by atoms with Gasteiger partial charge in [0.15, 0.2) is 5.78 Å². The number of amides is 1. The van der Waals surface area contributed by atoms with Gasteiger partial charge < -0.3 is 4.90 Å². The number of thioether (sulfide) groups is 1. The molecule has 0 fully saturated rings. The van der Waals surface area contributed by atoms with Gasteiger partial charge in [0.2, 0.25) is 5.91 Å². The van der Waals surface area contributed by atoms with Crippen LogP contribution in [0.3, 0.4) is 0 Å². The van der Waals surface area contributed by atoms with Crippen LogP contribution in [0.25, 0.3) is 0 Å². The molecule has 0 spiro atoms. The predicted octanol–water partition coefficient (Wildman–Crippen LogP) is 3.53. The fraction of sp³-hybridized carbons (Fsp3) is 0.300. The van der Waals surface area contributed by atoms with E-state index in [9.17, 15) is 14.9 Å². The minimum atomic E-state index is -0.386. The van der Waals surface area contributed by atoms with Crippen molar-refractivity contribution in [3.05, 3.63) is 52.7 Å². The third-order valence-electron chi connectivity index (χ3n) is 4.47. The van der Waals surface area contributed by atoms with E-state index in [4.69, 9.17) is 0 Å². The van der Waals surface area contributed by atoms with Gasteiger partial charge in [-0.15, -0.1) is 0 Å². The van der Waals surface area contributed by atoms with Gasteiger partial charge in [-0.05, 0) is 44.9 Å². The van der Waals surface area contributed by atoms with Crippen LogP contribution in [0.2, 0.25) is 0 Å². The fourth-order valence-electron chi connectivity index (χ4n) is 3.11. The zero-order valence-electron chi connectivity index (χ0n) is 14.9. The van der Waals surface area contributed by atoms with E-state index in [0.717, 1.165) is 12.1 Å². The molecule has 26 heavy (non-hydrogen) atoms. The van der Waals surface area contributed by atoms with Crippen molar-refractivity contribution in [2.24, 2.45) is 0 Å². The highest BCUT2D eigenvalue weighted by molar-refractivity contribution is 8.00. The first-order valence-electron chi connectivity index (χ1n) is 8.41. The number of ketones is 1. The van der Waals surface area contributed by atoms with E-state index in [2.05, 4.69) is 11.1 Å². The number of rotatable bonds is 4. The Hall–Kier alpha value is -2.65. The molecule has 1 aromatic heterocycles. The Labute approximate surface area is 157 Å². The molecule has 0 radical (unpaired) electrons. The van der Waals surface area contributed by atoms with Crippen LogP contribution in [-0.2, 0) is 11.2 Å². The highest BCUT2D eigenvalue weighted by Crippen LogP contribution is 2.32. The summed E-state index contributed by atoms with van der Waals surface area (Å²) in [4.78, 5) is 30.8. The molecule has 1 unspecified atom stereocenters. The average Bonchev–Trinajstić information content (AvgIpc) is 3.05. The molecule has 0 N–H and O–H groups in total. The maximum atomic E-state index is 12.9. The summed E-state index contributed by atoms with van der Waals surface area (Å²) in [6.07, 6.45) is 0.855. The van der Waals surface area contributed by atoms with E-state index < -0.39 is 0 Å². The van der Waals surface area contributed by atoms with Crippen LogP contribution >= 0.6 is 11.8 Å². The van der Waals surface area contributed by atoms with Crippen LogP contribution in [0.4, 0.5) is 5.69 Å². The van der Waals surface area contributed by atoms with Gasteiger partial charge in [-0.3, -0.25) is 9.59 Å². The number of carbonyl (C=O) groups is 2. The van der Waals surface area contributed by atoms with Gasteiger partial charge in [-0.25, -0.2) is 4.98 Å². The molecule has 0 bridgehead atoms. The molecule has 1 aromatic carbocycles. The Morgan fingerprint density at radius 1 is 1.35 bits per heavy atom. The van der Waals surface area contributed by atoms with Gasteiger partial charge in [0, 0.05) is 23.5 Å². The van der Waals surface area contributed by atoms with Crippen molar-refractivity contribution in [1.29, 1.82) is 5.26 Å². The van der Waals surface area contributed by atoms with E-state index in [-0.39, 0.29) is 16.9 Å². The maximum Gasteiger partial charge on any atom is 0.240 e. The van der Waals surface area contributed by atoms with Gasteiger partial charge in [-0.1, -0.05) is 30.0 Å². The molecule has 5 nitrogen and oxygen atoms in total. The Morgan fingerprint density at radius 2 is 2.08 bits per heavy atom. The lowest BCUT2D eigenvalue weighted by Crippen LogP contribution is -2.35. The summed E-state index contributed by atoms with van der Waals surface area (Å²) in [6.45, 7) is 5.69. The molecule has 1 aliphatic rings. The van der Waals surface area contributed by atoms with Crippen molar-refractivity contribution in [2.45, 2.75) is 37.5 Å². The minimum Gasteiger partial charge on any atom is -0.311 e. The number of carbonyl (C=O) groups excluding carboxylic acids is 2. The lowest BCUT2D eigenvalue weighted by atomic mass is 10.1. The Morgan fingerprint density at radius 3 is 2.77 bits per heavy atom. The van der Waals surface area contributed by atoms with Crippen molar-refractivity contribution in [2.75, 3.05) is 11.4 Å². The van der Waals surface area contributed by atoms with E-state index in [1.165, 1.54) is 24.2 Å². The molecule has 0 aliphatic carbocycles. The lowest BCUT2D eigenvalue weighted by molar-refractivity contribution is -0.117. The number of pyridine rings is 1. The largest absolute Gasteiger partial charge is 0.311 e. The third-order valence-corrected chi connectivity index (χ3v) is 5.56. The number of Topliss-reactive ketones (excluding diaryl/α,β-unsaturated/α-hetero) is 1. The third kappa shape index (κ3) is 3.35. The summed E-state index contributed by atoms with van der Waals surface area (Å²) in [5, 5.41) is 9.50. The molecule has 0 saturated heterocycles. The quantitative estimate of drug-likeness (QED) is 0.612. The molecule has 1 atom stereocenters. The standard InChI is InChI=1S/C20H19N3O2S/c1-12-17(13(2)24)10-16(11-21)19(22-12)26-14(3)20(25)23-9-8-15-6-4-5-7-18(15)23/h4-7,10,14H,8-9H2,1-3H3. The highest BCUT2D eigenvalue weighted by Gasteiger charge is 2.29. The first-order chi connectivity index (χ1) is 12.4. The normalized spacial score (nSPS) is 13.8. The van der Waals surface area contributed by atoms with E-state index >= 15 is 0 Å². The van der Waals surface area contributed by atoms with Gasteiger partial charge in [0.05, 0.1) is 10.8 Å². The van der Waals surface area contributed by atoms with Gasteiger partial charge in [0.1, 0.15) is 11.1 Å². The molecular weight excluding hydrogens is 346 g/mol. The Bertz CT molecular complexity index is 933. The zero-order chi connectivity index (χ0) is 18.8. The van der Waals surface area contributed by atoms with Gasteiger partial charge in [0.25, 0.3) is 0 Å². The van der Waals surface area contributed by atoms with E-state index in [1.54, 1.807) is 17.9 Å². The highest BCUT2D eigenvalue weighted by atomic mass is 32.2. The van der Waals surface area contributed by atoms with Crippen molar-refractivity contribution in [1.82, 2.24) is 4.98 Å². The number of nitrogens with zero attached hydrogens (tertiary/aromatic N) is 3. The van der Waals surface area contributed by atoms with E-state index in [1.807, 2.05) is 31.2 Å². The summed E-state index contributed by atoms with van der Waals surface area (Å²) in [6, 6.07) is 11.6. The van der Waals surface area contributed by atoms with Crippen LogP contribution in [0.15, 0.2) is 35.4 Å². The lowest BCUT2D eigenvalue weighted by Gasteiger charge is -2.21. The Balaban J connectivity index is 1.83. The van der Waals surface area contributed by atoms with Crippen LogP contribution in [-0.4, -0.2) is 28.5 Å². The van der Waals surface area contributed by atoms with Crippen molar-refractivity contribution in [3.8, 4) is 6.07 Å². The number of aromatic nitrogens is 1. The van der Waals surface area contributed by atoms with Gasteiger partial charge >= 0.3 is 0 Å². The second-order valence-corrected chi connectivity index (χ2v) is 7.60. The summed E-state index contributed by atoms with van der Waals surface area (Å²) in [5.41, 5.74) is 3.48. The number of benzene rings is 1. The number of nitriles is 1. The molecule has 132 valence electrons. The molecule has 3 rings (SSSR count). The molecule has 6 heteroatoms. The van der Waals surface area contributed by atoms with Crippen LogP contribution in [0.5, 0.6) is 0 Å². The van der Waals surface area contributed by atoms with Crippen molar-refractivity contribution < 1.29 is 9.59 Å². The van der Waals surface area contributed by atoms with Crippen LogP contribution < -0.4 is 4.90 Å². The number of hydrogen-bond acceptors (Lipinski definition) is 5. The average molecular weight is 365 g/mol. The van der Waals surface area contributed by atoms with Gasteiger partial charge in [-0.2, -0.15) is 5.26 Å². The SMILES string of the molecule is CC(=O)c1cc(C#N)c(SC(C)C(=O)N2CCc3ccccc32)nc1C. The predicted molar refractivity (Wildman–Crippen MR) is 102 cm³/mol.